The smallest absolute Gasteiger partial charge is 0.157 e. The van der Waals surface area contributed by atoms with Crippen LogP contribution >= 0.6 is 0 Å². The molecule has 1 aliphatic heterocycles. The number of piperidine rings is 1. The lowest BCUT2D eigenvalue weighted by Gasteiger charge is -2.25. The van der Waals surface area contributed by atoms with Crippen molar-refractivity contribution in [2.45, 2.75) is 44.1 Å². The van der Waals surface area contributed by atoms with E-state index in [1.807, 2.05) is 6.07 Å². The molecule has 0 amide bonds. The van der Waals surface area contributed by atoms with Crippen LogP contribution in [-0.4, -0.2) is 44.9 Å². The number of methoxy groups -OCH3 is 1. The zero-order chi connectivity index (χ0) is 21.5. The quantitative estimate of drug-likeness (QED) is 0.556. The van der Waals surface area contributed by atoms with Crippen molar-refractivity contribution < 1.29 is 14.2 Å². The van der Waals surface area contributed by atoms with Crippen molar-refractivity contribution >= 4 is 11.5 Å². The predicted molar refractivity (Wildman–Crippen MR) is 114 cm³/mol. The van der Waals surface area contributed by atoms with Crippen LogP contribution in [0.1, 0.15) is 55.4 Å². The van der Waals surface area contributed by atoms with Gasteiger partial charge in [-0.05, 0) is 57.2 Å². The number of rotatable bonds is 6. The number of aliphatic hydroxyl groups excluding tert-OH is 1. The summed E-state index contributed by atoms with van der Waals surface area (Å²) in [5.74, 6) is 1.00. The molecule has 3 aromatic rings. The first-order valence-electron chi connectivity index (χ1n) is 10.8. The Bertz CT molecular complexity index is 1110. The van der Waals surface area contributed by atoms with Gasteiger partial charge in [0.1, 0.15) is 28.6 Å². The number of pyridine rings is 1. The van der Waals surface area contributed by atoms with E-state index in [2.05, 4.69) is 20.4 Å². The van der Waals surface area contributed by atoms with E-state index in [-0.39, 0.29) is 11.5 Å². The average Bonchev–Trinajstić information content (AvgIpc) is 3.54. The van der Waals surface area contributed by atoms with Crippen LogP contribution < -0.4 is 15.8 Å². The van der Waals surface area contributed by atoms with Crippen LogP contribution in [-0.2, 0) is 0 Å². The third-order valence-corrected chi connectivity index (χ3v) is 6.32. The zero-order valence-electron chi connectivity index (χ0n) is 17.5. The maximum atomic E-state index is 15.1. The highest BCUT2D eigenvalue weighted by molar-refractivity contribution is 5.64. The Labute approximate surface area is 179 Å². The fraction of sp³-hybridized carbons (Fsp3) is 0.500. The van der Waals surface area contributed by atoms with E-state index in [4.69, 9.17) is 10.5 Å². The highest BCUT2D eigenvalue weighted by atomic mass is 19.1. The van der Waals surface area contributed by atoms with Crippen LogP contribution in [0.3, 0.4) is 0 Å². The number of ether oxygens (including phenoxy) is 1. The van der Waals surface area contributed by atoms with Crippen LogP contribution in [0.15, 0.2) is 18.3 Å². The van der Waals surface area contributed by atoms with Crippen molar-refractivity contribution in [2.24, 2.45) is 5.92 Å². The first kappa shape index (κ1) is 20.1. The molecule has 1 saturated heterocycles. The lowest BCUT2D eigenvalue weighted by Crippen LogP contribution is -2.28. The summed E-state index contributed by atoms with van der Waals surface area (Å²) in [5, 5.41) is 18.7. The molecule has 0 aromatic carbocycles. The average molecular weight is 426 g/mol. The van der Waals surface area contributed by atoms with E-state index in [1.54, 1.807) is 11.6 Å². The number of halogens is 1. The number of fused-ring (bicyclic) bond motifs is 1. The van der Waals surface area contributed by atoms with Crippen molar-refractivity contribution in [3.8, 4) is 17.1 Å². The molecule has 9 heteroatoms. The monoisotopic (exact) mass is 426 g/mol. The van der Waals surface area contributed by atoms with Gasteiger partial charge in [0, 0.05) is 17.5 Å². The van der Waals surface area contributed by atoms with Gasteiger partial charge in [-0.1, -0.05) is 0 Å². The van der Waals surface area contributed by atoms with E-state index < -0.39 is 11.9 Å². The van der Waals surface area contributed by atoms with Crippen molar-refractivity contribution in [3.63, 3.8) is 0 Å². The topological polar surface area (TPSA) is 111 Å². The summed E-state index contributed by atoms with van der Waals surface area (Å²) in [6.07, 6.45) is 5.34. The molecule has 2 fully saturated rings. The van der Waals surface area contributed by atoms with Gasteiger partial charge in [0.15, 0.2) is 11.5 Å². The molecule has 1 saturated carbocycles. The molecule has 0 bridgehead atoms. The zero-order valence-corrected chi connectivity index (χ0v) is 17.5. The van der Waals surface area contributed by atoms with Crippen LogP contribution in [0.25, 0.3) is 17.0 Å². The molecule has 2 aliphatic rings. The Balaban J connectivity index is 1.48. The SMILES string of the molecule is COc1cc2ncc(-c3nc(N)c(C(O)CC4CCNCC4)cc3F)n2nc1C1CC1. The molecule has 8 nitrogen and oxygen atoms in total. The summed E-state index contributed by atoms with van der Waals surface area (Å²) in [4.78, 5) is 8.66. The number of anilines is 1. The minimum atomic E-state index is -0.842. The van der Waals surface area contributed by atoms with Crippen molar-refractivity contribution in [1.82, 2.24) is 24.9 Å². The van der Waals surface area contributed by atoms with Gasteiger partial charge in [0.25, 0.3) is 0 Å². The summed E-state index contributed by atoms with van der Waals surface area (Å²) < 4.78 is 22.2. The third-order valence-electron chi connectivity index (χ3n) is 6.32. The highest BCUT2D eigenvalue weighted by Gasteiger charge is 2.30. The third kappa shape index (κ3) is 3.83. The van der Waals surface area contributed by atoms with Crippen LogP contribution in [0.5, 0.6) is 5.75 Å². The molecule has 4 heterocycles. The Kier molecular flexibility index (Phi) is 5.23. The molecular weight excluding hydrogens is 399 g/mol. The van der Waals surface area contributed by atoms with Gasteiger partial charge in [-0.3, -0.25) is 0 Å². The first-order valence-corrected chi connectivity index (χ1v) is 10.8. The summed E-state index contributed by atoms with van der Waals surface area (Å²) >= 11 is 0. The van der Waals surface area contributed by atoms with Crippen LogP contribution in [0, 0.1) is 11.7 Å². The number of hydrogen-bond donors (Lipinski definition) is 3. The second-order valence-electron chi connectivity index (χ2n) is 8.52. The summed E-state index contributed by atoms with van der Waals surface area (Å²) in [5.41, 5.74) is 8.38. The number of nitrogens with one attached hydrogen (secondary N) is 1. The Morgan fingerprint density at radius 1 is 1.29 bits per heavy atom. The fourth-order valence-electron chi connectivity index (χ4n) is 4.40. The molecule has 164 valence electrons. The van der Waals surface area contributed by atoms with Gasteiger partial charge < -0.3 is 20.9 Å². The number of aliphatic hydroxyl groups is 1. The molecule has 4 N–H and O–H groups in total. The van der Waals surface area contributed by atoms with Gasteiger partial charge in [0.05, 0.1) is 19.4 Å². The van der Waals surface area contributed by atoms with E-state index in [9.17, 15) is 5.11 Å². The maximum absolute atomic E-state index is 15.1. The molecule has 1 unspecified atom stereocenters. The largest absolute Gasteiger partial charge is 0.495 e. The van der Waals surface area contributed by atoms with Gasteiger partial charge in [-0.25, -0.2) is 18.9 Å². The Hall–Kier alpha value is -2.78. The normalized spacial score (nSPS) is 18.4. The second-order valence-corrected chi connectivity index (χ2v) is 8.52. The van der Waals surface area contributed by atoms with Crippen molar-refractivity contribution in [2.75, 3.05) is 25.9 Å². The van der Waals surface area contributed by atoms with Gasteiger partial charge in [-0.2, -0.15) is 5.10 Å². The second kappa shape index (κ2) is 8.05. The minimum absolute atomic E-state index is 0.0715. The van der Waals surface area contributed by atoms with Crippen molar-refractivity contribution in [1.29, 1.82) is 0 Å². The van der Waals surface area contributed by atoms with E-state index >= 15 is 4.39 Å². The Morgan fingerprint density at radius 2 is 2.06 bits per heavy atom. The number of imidazole rings is 1. The standard InChI is InChI=1S/C22H27FN6O2/c1-31-18-10-19-26-11-16(29(19)28-20(18)13-2-3-13)21-15(23)9-14(22(24)27-21)17(30)8-12-4-6-25-7-5-12/h9-13,17,25,30H,2-8H2,1H3,(H2,24,27). The molecule has 1 aliphatic carbocycles. The van der Waals surface area contributed by atoms with Crippen LogP contribution in [0.4, 0.5) is 10.2 Å². The molecular formula is C22H27FN6O2. The molecule has 5 rings (SSSR count). The lowest BCUT2D eigenvalue weighted by molar-refractivity contribution is 0.134. The maximum Gasteiger partial charge on any atom is 0.157 e. The molecule has 3 aromatic heterocycles. The Morgan fingerprint density at radius 3 is 2.77 bits per heavy atom. The molecule has 31 heavy (non-hydrogen) atoms. The van der Waals surface area contributed by atoms with Crippen LogP contribution in [0.2, 0.25) is 0 Å². The van der Waals surface area contributed by atoms with Crippen molar-refractivity contribution in [3.05, 3.63) is 35.4 Å². The summed E-state index contributed by atoms with van der Waals surface area (Å²) in [6.45, 7) is 1.88. The van der Waals surface area contributed by atoms with E-state index in [1.165, 1.54) is 12.3 Å². The molecule has 1 atom stereocenters. The van der Waals surface area contributed by atoms with Gasteiger partial charge in [0.2, 0.25) is 0 Å². The number of hydrogen-bond acceptors (Lipinski definition) is 7. The van der Waals surface area contributed by atoms with E-state index in [0.717, 1.165) is 44.5 Å². The molecule has 0 radical (unpaired) electrons. The van der Waals surface area contributed by atoms with Gasteiger partial charge >= 0.3 is 0 Å². The summed E-state index contributed by atoms with van der Waals surface area (Å²) in [7, 11) is 1.61. The fourth-order valence-corrected chi connectivity index (χ4v) is 4.40. The van der Waals surface area contributed by atoms with E-state index in [0.29, 0.717) is 40.9 Å². The minimum Gasteiger partial charge on any atom is -0.495 e. The summed E-state index contributed by atoms with van der Waals surface area (Å²) in [6, 6.07) is 3.11. The highest BCUT2D eigenvalue weighted by Crippen LogP contribution is 2.43. The lowest BCUT2D eigenvalue weighted by atomic mass is 9.90. The van der Waals surface area contributed by atoms with Gasteiger partial charge in [-0.15, -0.1) is 0 Å². The first-order chi connectivity index (χ1) is 15.0. The molecule has 0 spiro atoms. The number of nitrogens with two attached hydrogens (primary N) is 1. The predicted octanol–water partition coefficient (Wildman–Crippen LogP) is 2.82. The number of nitrogen functional groups attached to an aromatic ring is 1. The number of aromatic nitrogens is 4. The number of nitrogens with zero attached hydrogens (tertiary/aromatic N) is 4.